The van der Waals surface area contributed by atoms with Crippen LogP contribution in [-0.2, 0) is 25.5 Å². The van der Waals surface area contributed by atoms with Gasteiger partial charge in [-0.15, -0.1) is 0 Å². The number of rotatable bonds is 10. The van der Waals surface area contributed by atoms with E-state index in [0.29, 0.717) is 66.3 Å². The van der Waals surface area contributed by atoms with E-state index in [0.717, 1.165) is 0 Å². The Balaban J connectivity index is 1.12. The molecule has 63 heavy (non-hydrogen) atoms. The van der Waals surface area contributed by atoms with Gasteiger partial charge < -0.3 is 0 Å². The van der Waals surface area contributed by atoms with Crippen LogP contribution >= 0.6 is 0 Å². The van der Waals surface area contributed by atoms with Gasteiger partial charge >= 0.3 is 0 Å². The first-order valence-corrected chi connectivity index (χ1v) is 20.4. The number of aryl methyl sites for hydroxylation is 6. The fraction of sp³-hybridized carbons (Fsp3) is 0.103. The average molecular weight is 826 g/mol. The van der Waals surface area contributed by atoms with Gasteiger partial charge in [-0.2, -0.15) is 0 Å². The SMILES string of the molecule is [2H]C([2H])([2H])c1nc(C([2H])([2H])[2H])n2c3cc(-c4ccccc4-c4cc(C([2H])([2H])C([2H])([2H])c5ccc(-c6ccccn6)cc5)cc(C([2H])([2H])C([2H])([2H])c5ccc(-c6ccccn6)cc5)c4)ccc3c3ncc4ccccc4c3c12. The van der Waals surface area contributed by atoms with Crippen molar-refractivity contribution in [2.24, 2.45) is 0 Å². The summed E-state index contributed by atoms with van der Waals surface area (Å²) in [6.45, 7) is -5.72. The van der Waals surface area contributed by atoms with Crippen molar-refractivity contribution < 1.29 is 19.2 Å². The van der Waals surface area contributed by atoms with Crippen molar-refractivity contribution in [3.05, 3.63) is 222 Å². The number of nitrogens with zero attached hydrogens (tertiary/aromatic N) is 5. The van der Waals surface area contributed by atoms with Gasteiger partial charge in [0.15, 0.2) is 0 Å². The van der Waals surface area contributed by atoms with E-state index in [1.807, 2.05) is 30.3 Å². The molecule has 5 nitrogen and oxygen atoms in total. The Morgan fingerprint density at radius 2 is 1.08 bits per heavy atom. The zero-order valence-corrected chi connectivity index (χ0v) is 33.6. The van der Waals surface area contributed by atoms with Gasteiger partial charge in [-0.1, -0.05) is 140 Å². The van der Waals surface area contributed by atoms with E-state index in [9.17, 15) is 11.0 Å². The maximum atomic E-state index is 9.68. The second-order valence-corrected chi connectivity index (χ2v) is 15.2. The lowest BCUT2D eigenvalue weighted by molar-refractivity contribution is 0.931. The minimum absolute atomic E-state index is 0.00376. The fourth-order valence-electron chi connectivity index (χ4n) is 8.30. The predicted octanol–water partition coefficient (Wildman–Crippen LogP) is 13.8. The highest BCUT2D eigenvalue weighted by Crippen LogP contribution is 2.39. The van der Waals surface area contributed by atoms with Crippen molar-refractivity contribution >= 4 is 38.1 Å². The standard InChI is InChI=1S/C58H45N5/c1-38-58-56-51-14-4-3-11-47(51)37-61-57(56)52-30-29-46(36-55(52)63(58)39(2)62-38)49-12-5-6-13-50(49)48-34-42(19-17-40-21-25-44(26-22-40)53-15-7-9-31-59-53)33-43(35-48)20-18-41-23-27-45(28-24-41)54-16-8-10-32-60-54/h3-16,21-37H,17-20H2,1-2H3/i1D3,2D3,17D2,18D2,19D2,20D2. The molecule has 6 aromatic carbocycles. The molecular formula is C58H45N5. The lowest BCUT2D eigenvalue weighted by Crippen LogP contribution is -1.98. The van der Waals surface area contributed by atoms with Gasteiger partial charge in [-0.3, -0.25) is 19.4 Å². The largest absolute Gasteiger partial charge is 0.295 e. The number of pyridine rings is 4. The molecule has 11 aromatic rings. The lowest BCUT2D eigenvalue weighted by atomic mass is 9.89. The van der Waals surface area contributed by atoms with Crippen molar-refractivity contribution in [3.8, 4) is 44.8 Å². The molecule has 0 aliphatic heterocycles. The molecule has 5 aromatic heterocycles. The van der Waals surface area contributed by atoms with Crippen molar-refractivity contribution in [3.63, 3.8) is 0 Å². The third-order valence-electron chi connectivity index (χ3n) is 11.3. The minimum atomic E-state index is -2.88. The summed E-state index contributed by atoms with van der Waals surface area (Å²) in [5.41, 5.74) is 4.06. The van der Waals surface area contributed by atoms with Crippen molar-refractivity contribution in [1.82, 2.24) is 24.3 Å². The maximum absolute atomic E-state index is 9.68. The van der Waals surface area contributed by atoms with Crippen LogP contribution in [0.3, 0.4) is 0 Å². The first kappa shape index (κ1) is 25.9. The summed E-state index contributed by atoms with van der Waals surface area (Å²) in [5, 5.41) is 2.26. The molecule has 0 bridgehead atoms. The van der Waals surface area contributed by atoms with E-state index in [2.05, 4.69) is 15.0 Å². The van der Waals surface area contributed by atoms with Crippen molar-refractivity contribution in [2.75, 3.05) is 0 Å². The number of fused-ring (bicyclic) bond motifs is 8. The topological polar surface area (TPSA) is 56.0 Å². The third kappa shape index (κ3) is 7.32. The van der Waals surface area contributed by atoms with Gasteiger partial charge in [0.25, 0.3) is 0 Å². The van der Waals surface area contributed by atoms with Gasteiger partial charge in [0.2, 0.25) is 0 Å². The summed E-state index contributed by atoms with van der Waals surface area (Å²) in [5.74, 6) is -0.466. The Morgan fingerprint density at radius 3 is 1.70 bits per heavy atom. The zero-order valence-electron chi connectivity index (χ0n) is 47.6. The molecule has 0 saturated carbocycles. The maximum Gasteiger partial charge on any atom is 0.110 e. The van der Waals surface area contributed by atoms with Crippen molar-refractivity contribution in [2.45, 2.75) is 39.2 Å². The summed E-state index contributed by atoms with van der Waals surface area (Å²) >= 11 is 0. The van der Waals surface area contributed by atoms with Gasteiger partial charge in [0.05, 0.1) is 33.6 Å². The Bertz CT molecular complexity index is 3940. The van der Waals surface area contributed by atoms with Gasteiger partial charge in [0, 0.05) is 65.1 Å². The highest BCUT2D eigenvalue weighted by Gasteiger charge is 2.19. The van der Waals surface area contributed by atoms with Crippen LogP contribution in [0.1, 0.15) is 53.0 Å². The third-order valence-corrected chi connectivity index (χ3v) is 11.3. The summed E-state index contributed by atoms with van der Waals surface area (Å²) in [6.07, 6.45) is -6.32. The predicted molar refractivity (Wildman–Crippen MR) is 260 cm³/mol. The van der Waals surface area contributed by atoms with Gasteiger partial charge in [0.1, 0.15) is 5.82 Å². The molecule has 0 amide bonds. The lowest BCUT2D eigenvalue weighted by Gasteiger charge is -2.16. The number of hydrogen-bond donors (Lipinski definition) is 0. The number of aromatic nitrogens is 5. The number of hydrogen-bond acceptors (Lipinski definition) is 4. The van der Waals surface area contributed by atoms with Crippen LogP contribution in [0.15, 0.2) is 188 Å². The van der Waals surface area contributed by atoms with Gasteiger partial charge in [-0.25, -0.2) is 4.98 Å². The number of benzene rings is 6. The van der Waals surface area contributed by atoms with E-state index in [1.165, 1.54) is 46.9 Å². The van der Waals surface area contributed by atoms with Crippen LogP contribution in [0.5, 0.6) is 0 Å². The normalized spacial score (nSPS) is 16.2. The fourth-order valence-corrected chi connectivity index (χ4v) is 8.30. The second-order valence-electron chi connectivity index (χ2n) is 15.2. The van der Waals surface area contributed by atoms with E-state index in [1.54, 1.807) is 116 Å². The highest BCUT2D eigenvalue weighted by molar-refractivity contribution is 6.21. The molecule has 0 aliphatic carbocycles. The smallest absolute Gasteiger partial charge is 0.110 e. The summed E-state index contributed by atoms with van der Waals surface area (Å²) in [4.78, 5) is 18.0. The Labute approximate surface area is 387 Å². The average Bonchev–Trinajstić information content (AvgIpc) is 4.00. The Kier molecular flexibility index (Phi) is 6.68. The molecule has 0 unspecified atom stereocenters. The van der Waals surface area contributed by atoms with Crippen LogP contribution in [0.2, 0.25) is 0 Å². The Morgan fingerprint density at radius 1 is 0.492 bits per heavy atom. The molecule has 0 fully saturated rings. The number of imidazole rings is 1. The first-order valence-electron chi connectivity index (χ1n) is 27.4. The molecule has 11 rings (SSSR count). The minimum Gasteiger partial charge on any atom is -0.295 e. The molecule has 0 aliphatic rings. The molecule has 0 spiro atoms. The molecular weight excluding hydrogens is 767 g/mol. The van der Waals surface area contributed by atoms with E-state index < -0.39 is 50.7 Å². The van der Waals surface area contributed by atoms with Crippen LogP contribution in [-0.4, -0.2) is 24.3 Å². The van der Waals surface area contributed by atoms with Crippen LogP contribution in [0, 0.1) is 13.7 Å². The molecule has 0 radical (unpaired) electrons. The molecule has 5 heterocycles. The quantitative estimate of drug-likeness (QED) is 0.129. The monoisotopic (exact) mass is 825 g/mol. The van der Waals surface area contributed by atoms with Crippen LogP contribution in [0.4, 0.5) is 0 Å². The second kappa shape index (κ2) is 16.3. The summed E-state index contributed by atoms with van der Waals surface area (Å²) in [6, 6.07) is 47.0. The molecule has 5 heteroatoms. The van der Waals surface area contributed by atoms with Crippen molar-refractivity contribution in [1.29, 1.82) is 0 Å². The highest BCUT2D eigenvalue weighted by atomic mass is 15.0. The van der Waals surface area contributed by atoms with E-state index in [-0.39, 0.29) is 38.9 Å². The molecule has 0 saturated heterocycles. The molecule has 0 atom stereocenters. The van der Waals surface area contributed by atoms with Crippen LogP contribution < -0.4 is 0 Å². The van der Waals surface area contributed by atoms with E-state index in [4.69, 9.17) is 13.2 Å². The summed E-state index contributed by atoms with van der Waals surface area (Å²) < 4.78 is 130. The van der Waals surface area contributed by atoms with Crippen LogP contribution in [0.25, 0.3) is 82.9 Å². The molecule has 302 valence electrons. The van der Waals surface area contributed by atoms with E-state index >= 15 is 0 Å². The summed E-state index contributed by atoms with van der Waals surface area (Å²) in [7, 11) is 0. The molecule has 0 N–H and O–H groups in total. The first-order chi connectivity index (χ1) is 36.5. The Hall–Kier alpha value is -7.76. The zero-order chi connectivity index (χ0) is 54.5. The van der Waals surface area contributed by atoms with Gasteiger partial charge in [-0.05, 0) is 119 Å².